The number of hydrogen-bond donors (Lipinski definition) is 0. The molecule has 0 bridgehead atoms. The van der Waals surface area contributed by atoms with Crippen molar-refractivity contribution in [2.45, 2.75) is 19.3 Å². The third-order valence-corrected chi connectivity index (χ3v) is 11.6. The SMILES string of the molecule is CC1(C)c2ccccc2-c2cc3c(cc21)c1cc(-c2cccc(-c4cccc5c4sc4ccccc45)c2)ccc1n3-c1ccccc1. The summed E-state index contributed by atoms with van der Waals surface area (Å²) < 4.78 is 5.13. The zero-order valence-corrected chi connectivity index (χ0v) is 27.1. The van der Waals surface area contributed by atoms with Gasteiger partial charge < -0.3 is 4.57 Å². The van der Waals surface area contributed by atoms with Crippen molar-refractivity contribution in [3.05, 3.63) is 163 Å². The highest BCUT2D eigenvalue weighted by atomic mass is 32.1. The summed E-state index contributed by atoms with van der Waals surface area (Å²) in [5.41, 5.74) is 14.1. The summed E-state index contributed by atoms with van der Waals surface area (Å²) in [7, 11) is 0. The van der Waals surface area contributed by atoms with Crippen LogP contribution in [0.2, 0.25) is 0 Å². The Kier molecular flexibility index (Phi) is 5.57. The number of fused-ring (bicyclic) bond motifs is 9. The molecule has 0 saturated carbocycles. The standard InChI is InChI=1S/C45H31NS/c1-45(2)39-20-8-6-16-33(39)36-27-42-38(26-40(36)45)37-25-29(22-23-41(37)46(42)31-14-4-3-5-15-31)28-12-10-13-30(24-28)32-18-11-19-35-34-17-7-9-21-43(34)47-44(32)35/h3-27H,1-2H3. The predicted octanol–water partition coefficient (Wildman–Crippen LogP) is 12.8. The minimum atomic E-state index is -0.0547. The molecule has 0 saturated heterocycles. The molecule has 2 heteroatoms. The Bertz CT molecular complexity index is 2700. The lowest BCUT2D eigenvalue weighted by atomic mass is 9.82. The third-order valence-electron chi connectivity index (χ3n) is 10.4. The number of aromatic nitrogens is 1. The van der Waals surface area contributed by atoms with Gasteiger partial charge in [-0.25, -0.2) is 0 Å². The second-order valence-corrected chi connectivity index (χ2v) is 14.4. The summed E-state index contributed by atoms with van der Waals surface area (Å²) >= 11 is 1.89. The van der Waals surface area contributed by atoms with Crippen LogP contribution < -0.4 is 0 Å². The molecule has 1 aliphatic rings. The lowest BCUT2D eigenvalue weighted by Crippen LogP contribution is -2.14. The highest BCUT2D eigenvalue weighted by Crippen LogP contribution is 2.51. The quantitative estimate of drug-likeness (QED) is 0.186. The van der Waals surface area contributed by atoms with Gasteiger partial charge in [-0.05, 0) is 93.0 Å². The molecule has 7 aromatic carbocycles. The fourth-order valence-corrected chi connectivity index (χ4v) is 9.33. The van der Waals surface area contributed by atoms with E-state index in [0.717, 1.165) is 0 Å². The van der Waals surface area contributed by atoms with Gasteiger partial charge in [-0.2, -0.15) is 0 Å². The maximum Gasteiger partial charge on any atom is 0.0547 e. The highest BCUT2D eigenvalue weighted by Gasteiger charge is 2.36. The minimum Gasteiger partial charge on any atom is -0.309 e. The maximum absolute atomic E-state index is 2.48. The van der Waals surface area contributed by atoms with E-state index in [-0.39, 0.29) is 5.41 Å². The zero-order valence-electron chi connectivity index (χ0n) is 26.3. The predicted molar refractivity (Wildman–Crippen MR) is 202 cm³/mol. The molecule has 0 N–H and O–H groups in total. The first-order valence-electron chi connectivity index (χ1n) is 16.4. The van der Waals surface area contributed by atoms with Gasteiger partial charge in [0.25, 0.3) is 0 Å². The molecule has 0 amide bonds. The second-order valence-electron chi connectivity index (χ2n) is 13.3. The first kappa shape index (κ1) is 26.7. The lowest BCUT2D eigenvalue weighted by Gasteiger charge is -2.21. The van der Waals surface area contributed by atoms with Crippen LogP contribution in [0.25, 0.3) is 81.0 Å². The van der Waals surface area contributed by atoms with Crippen molar-refractivity contribution >= 4 is 53.3 Å². The Labute approximate surface area is 278 Å². The summed E-state index contributed by atoms with van der Waals surface area (Å²) in [6, 6.07) is 56.3. The van der Waals surface area contributed by atoms with Gasteiger partial charge in [0.15, 0.2) is 0 Å². The number of hydrogen-bond acceptors (Lipinski definition) is 1. The van der Waals surface area contributed by atoms with Crippen molar-refractivity contribution in [2.75, 3.05) is 0 Å². The van der Waals surface area contributed by atoms with E-state index in [1.807, 2.05) is 11.3 Å². The second kappa shape index (κ2) is 9.78. The molecule has 9 aromatic rings. The van der Waals surface area contributed by atoms with Gasteiger partial charge >= 0.3 is 0 Å². The van der Waals surface area contributed by atoms with Crippen LogP contribution >= 0.6 is 11.3 Å². The van der Waals surface area contributed by atoms with Crippen LogP contribution in [-0.2, 0) is 5.41 Å². The summed E-state index contributed by atoms with van der Waals surface area (Å²) in [6.45, 7) is 4.74. The molecule has 2 aromatic heterocycles. The van der Waals surface area contributed by atoms with Crippen molar-refractivity contribution in [3.8, 4) is 39.1 Å². The summed E-state index contributed by atoms with van der Waals surface area (Å²) in [6.07, 6.45) is 0. The average Bonchev–Trinajstić information content (AvgIpc) is 3.73. The van der Waals surface area contributed by atoms with E-state index in [0.29, 0.717) is 0 Å². The lowest BCUT2D eigenvalue weighted by molar-refractivity contribution is 0.661. The van der Waals surface area contributed by atoms with Crippen LogP contribution in [-0.4, -0.2) is 4.57 Å². The summed E-state index contributed by atoms with van der Waals surface area (Å²) in [5, 5.41) is 5.26. The van der Waals surface area contributed by atoms with Crippen LogP contribution in [0.5, 0.6) is 0 Å². The number of thiophene rings is 1. The first-order chi connectivity index (χ1) is 23.1. The molecule has 0 unspecified atom stereocenters. The highest BCUT2D eigenvalue weighted by molar-refractivity contribution is 7.26. The molecule has 0 aliphatic heterocycles. The van der Waals surface area contributed by atoms with Gasteiger partial charge in [-0.15, -0.1) is 11.3 Å². The molecule has 0 atom stereocenters. The molecule has 0 radical (unpaired) electrons. The Morgan fingerprint density at radius 1 is 0.447 bits per heavy atom. The fourth-order valence-electron chi connectivity index (χ4n) is 8.09. The number of nitrogens with zero attached hydrogens (tertiary/aromatic N) is 1. The van der Waals surface area contributed by atoms with E-state index in [9.17, 15) is 0 Å². The van der Waals surface area contributed by atoms with Crippen molar-refractivity contribution in [3.63, 3.8) is 0 Å². The fraction of sp³-hybridized carbons (Fsp3) is 0.0667. The van der Waals surface area contributed by atoms with E-state index in [1.54, 1.807) is 0 Å². The van der Waals surface area contributed by atoms with E-state index in [4.69, 9.17) is 0 Å². The van der Waals surface area contributed by atoms with Crippen molar-refractivity contribution < 1.29 is 0 Å². The average molecular weight is 618 g/mol. The van der Waals surface area contributed by atoms with Crippen molar-refractivity contribution in [1.82, 2.24) is 4.57 Å². The first-order valence-corrected chi connectivity index (χ1v) is 17.2. The topological polar surface area (TPSA) is 4.93 Å². The van der Waals surface area contributed by atoms with Gasteiger partial charge in [0.05, 0.1) is 11.0 Å². The smallest absolute Gasteiger partial charge is 0.0547 e. The number of benzene rings is 7. The molecule has 1 aliphatic carbocycles. The van der Waals surface area contributed by atoms with Crippen LogP contribution in [0.4, 0.5) is 0 Å². The van der Waals surface area contributed by atoms with Gasteiger partial charge in [0, 0.05) is 42.0 Å². The van der Waals surface area contributed by atoms with Gasteiger partial charge in [-0.1, -0.05) is 117 Å². The van der Waals surface area contributed by atoms with Crippen LogP contribution in [0, 0.1) is 0 Å². The normalized spacial score (nSPS) is 13.5. The Morgan fingerprint density at radius 3 is 2.06 bits per heavy atom. The van der Waals surface area contributed by atoms with Crippen molar-refractivity contribution in [1.29, 1.82) is 0 Å². The van der Waals surface area contributed by atoms with Crippen LogP contribution in [0.15, 0.2) is 152 Å². The van der Waals surface area contributed by atoms with E-state index < -0.39 is 0 Å². The number of rotatable bonds is 3. The molecular weight excluding hydrogens is 587 g/mol. The van der Waals surface area contributed by atoms with Gasteiger partial charge in [0.1, 0.15) is 0 Å². The largest absolute Gasteiger partial charge is 0.309 e. The molecule has 0 fully saturated rings. The summed E-state index contributed by atoms with van der Waals surface area (Å²) in [5.74, 6) is 0. The van der Waals surface area contributed by atoms with E-state index in [2.05, 4.69) is 170 Å². The zero-order chi connectivity index (χ0) is 31.3. The van der Waals surface area contributed by atoms with Crippen LogP contribution in [0.3, 0.4) is 0 Å². The Balaban J connectivity index is 1.19. The number of para-hydroxylation sites is 1. The van der Waals surface area contributed by atoms with Gasteiger partial charge in [-0.3, -0.25) is 0 Å². The minimum absolute atomic E-state index is 0.0547. The summed E-state index contributed by atoms with van der Waals surface area (Å²) in [4.78, 5) is 0. The maximum atomic E-state index is 2.48. The Hall–Kier alpha value is -5.44. The van der Waals surface area contributed by atoms with E-state index >= 15 is 0 Å². The molecular formula is C45H31NS. The molecule has 47 heavy (non-hydrogen) atoms. The van der Waals surface area contributed by atoms with Crippen molar-refractivity contribution in [2.24, 2.45) is 0 Å². The molecule has 1 nitrogen and oxygen atoms in total. The Morgan fingerprint density at radius 2 is 1.15 bits per heavy atom. The van der Waals surface area contributed by atoms with E-state index in [1.165, 1.54) is 92.2 Å². The monoisotopic (exact) mass is 617 g/mol. The molecule has 2 heterocycles. The van der Waals surface area contributed by atoms with Gasteiger partial charge in [0.2, 0.25) is 0 Å². The third kappa shape index (κ3) is 3.83. The molecule has 0 spiro atoms. The van der Waals surface area contributed by atoms with Crippen LogP contribution in [0.1, 0.15) is 25.0 Å². The molecule has 10 rings (SSSR count). The molecule has 222 valence electrons.